The average Bonchev–Trinajstić information content (AvgIpc) is 2.73. The van der Waals surface area contributed by atoms with Gasteiger partial charge in [-0.1, -0.05) is 79.4 Å². The second-order valence-electron chi connectivity index (χ2n) is 6.54. The average molecular weight is 368 g/mol. The number of nitrogens with one attached hydrogen (secondary N) is 1. The molecule has 1 unspecified atom stereocenters. The van der Waals surface area contributed by atoms with E-state index < -0.39 is 0 Å². The van der Waals surface area contributed by atoms with Crippen molar-refractivity contribution >= 4 is 16.8 Å². The van der Waals surface area contributed by atoms with Crippen LogP contribution >= 0.6 is 0 Å². The van der Waals surface area contributed by atoms with Gasteiger partial charge >= 0.3 is 0 Å². The molecule has 1 N–H and O–H groups in total. The van der Waals surface area contributed by atoms with Gasteiger partial charge in [0, 0.05) is 10.9 Å². The van der Waals surface area contributed by atoms with Crippen LogP contribution in [0.5, 0.6) is 0 Å². The van der Waals surface area contributed by atoms with Crippen LogP contribution in [0.3, 0.4) is 0 Å². The number of hydrogen-bond acceptors (Lipinski definition) is 2. The minimum Gasteiger partial charge on any atom is -0.345 e. The van der Waals surface area contributed by atoms with Crippen LogP contribution in [0.1, 0.15) is 24.2 Å². The number of rotatable bonds is 6. The van der Waals surface area contributed by atoms with Crippen LogP contribution in [-0.4, -0.2) is 16.9 Å². The first-order valence-electron chi connectivity index (χ1n) is 9.35. The van der Waals surface area contributed by atoms with Crippen molar-refractivity contribution in [3.8, 4) is 11.3 Å². The number of para-hydroxylation sites is 1. The lowest BCUT2D eigenvalue weighted by Gasteiger charge is -2.17. The highest BCUT2D eigenvalue weighted by Gasteiger charge is 2.16. The second kappa shape index (κ2) is 8.96. The molecule has 1 amide bonds. The molecule has 3 nitrogen and oxygen atoms in total. The number of nitrogens with zero attached hydrogens (tertiary/aromatic N) is 1. The first-order chi connectivity index (χ1) is 13.6. The van der Waals surface area contributed by atoms with Crippen molar-refractivity contribution in [2.75, 3.05) is 0 Å². The number of carbonyl (C=O) groups excluding carboxylic acids is 1. The van der Waals surface area contributed by atoms with Gasteiger partial charge in [-0.05, 0) is 31.6 Å². The van der Waals surface area contributed by atoms with Gasteiger partial charge < -0.3 is 5.32 Å². The summed E-state index contributed by atoms with van der Waals surface area (Å²) in [5, 5.41) is 3.94. The first kappa shape index (κ1) is 19.3. The van der Waals surface area contributed by atoms with E-state index in [1.807, 2.05) is 92.7 Å². The fraction of sp³-hybridized carbons (Fsp3) is 0.120. The summed E-state index contributed by atoms with van der Waals surface area (Å²) in [5.41, 5.74) is 4.18. The third-order valence-corrected chi connectivity index (χ3v) is 4.55. The normalized spacial score (nSPS) is 12.9. The van der Waals surface area contributed by atoms with E-state index in [2.05, 4.69) is 11.9 Å². The van der Waals surface area contributed by atoms with E-state index in [-0.39, 0.29) is 11.9 Å². The van der Waals surface area contributed by atoms with E-state index >= 15 is 0 Å². The van der Waals surface area contributed by atoms with Crippen molar-refractivity contribution in [1.29, 1.82) is 0 Å². The molecule has 3 heteroatoms. The van der Waals surface area contributed by atoms with Crippen molar-refractivity contribution in [2.45, 2.75) is 19.9 Å². The summed E-state index contributed by atoms with van der Waals surface area (Å²) in [4.78, 5) is 17.9. The largest absolute Gasteiger partial charge is 0.345 e. The Hall–Kier alpha value is -3.46. The fourth-order valence-corrected chi connectivity index (χ4v) is 3.15. The molecule has 3 aromatic rings. The summed E-state index contributed by atoms with van der Waals surface area (Å²) >= 11 is 0. The third kappa shape index (κ3) is 4.26. The van der Waals surface area contributed by atoms with Crippen LogP contribution in [0.4, 0.5) is 0 Å². The molecule has 3 rings (SSSR count). The minimum atomic E-state index is -0.145. The Morgan fingerprint density at radius 1 is 1.11 bits per heavy atom. The van der Waals surface area contributed by atoms with Crippen molar-refractivity contribution in [2.24, 2.45) is 0 Å². The molecule has 0 saturated heterocycles. The Morgan fingerprint density at radius 2 is 1.82 bits per heavy atom. The number of allylic oxidation sites excluding steroid dienone is 3. The second-order valence-corrected chi connectivity index (χ2v) is 6.54. The zero-order chi connectivity index (χ0) is 19.9. The Balaban J connectivity index is 2.02. The van der Waals surface area contributed by atoms with Gasteiger partial charge in [0.25, 0.3) is 5.91 Å². The summed E-state index contributed by atoms with van der Waals surface area (Å²) in [6.07, 6.45) is 7.57. The molecule has 1 heterocycles. The van der Waals surface area contributed by atoms with Crippen molar-refractivity contribution < 1.29 is 4.79 Å². The Bertz CT molecular complexity index is 1050. The van der Waals surface area contributed by atoms with E-state index in [9.17, 15) is 4.79 Å². The maximum atomic E-state index is 13.1. The Morgan fingerprint density at radius 3 is 2.54 bits per heavy atom. The summed E-state index contributed by atoms with van der Waals surface area (Å²) < 4.78 is 0. The van der Waals surface area contributed by atoms with E-state index in [4.69, 9.17) is 4.98 Å². The highest BCUT2D eigenvalue weighted by molar-refractivity contribution is 6.07. The third-order valence-electron chi connectivity index (χ3n) is 4.55. The summed E-state index contributed by atoms with van der Waals surface area (Å²) in [6, 6.07) is 19.4. The van der Waals surface area contributed by atoms with Gasteiger partial charge in [-0.25, -0.2) is 4.98 Å². The van der Waals surface area contributed by atoms with Crippen LogP contribution < -0.4 is 5.32 Å². The molecule has 1 aromatic heterocycles. The van der Waals surface area contributed by atoms with E-state index in [0.717, 1.165) is 27.7 Å². The predicted molar refractivity (Wildman–Crippen MR) is 117 cm³/mol. The first-order valence-corrected chi connectivity index (χ1v) is 9.35. The standard InChI is InChI=1S/C25H24N2O/c1-4-11-19(12-5-2)18(3)26-25(28)22-17-24(20-13-7-6-8-14-20)27-23-16-10-9-15-21(22)23/h4-18H,1H2,2-3H3,(H,26,28)/b12-5-,19-11+. The summed E-state index contributed by atoms with van der Waals surface area (Å²) in [6.45, 7) is 7.68. The number of aromatic nitrogens is 1. The highest BCUT2D eigenvalue weighted by Crippen LogP contribution is 2.25. The highest BCUT2D eigenvalue weighted by atomic mass is 16.1. The number of hydrogen-bond donors (Lipinski definition) is 1. The summed E-state index contributed by atoms with van der Waals surface area (Å²) in [5.74, 6) is -0.122. The molecule has 28 heavy (non-hydrogen) atoms. The van der Waals surface area contributed by atoms with E-state index in [0.29, 0.717) is 5.56 Å². The lowest BCUT2D eigenvalue weighted by Crippen LogP contribution is -2.33. The molecular weight excluding hydrogens is 344 g/mol. The number of pyridine rings is 1. The van der Waals surface area contributed by atoms with Gasteiger partial charge in [-0.2, -0.15) is 0 Å². The van der Waals surface area contributed by atoms with Gasteiger partial charge in [0.2, 0.25) is 0 Å². The van der Waals surface area contributed by atoms with Gasteiger partial charge in [-0.15, -0.1) is 0 Å². The molecule has 1 atom stereocenters. The van der Waals surface area contributed by atoms with Gasteiger partial charge in [0.05, 0.1) is 22.8 Å². The van der Waals surface area contributed by atoms with Gasteiger partial charge in [0.1, 0.15) is 0 Å². The monoisotopic (exact) mass is 368 g/mol. The molecule has 0 radical (unpaired) electrons. The van der Waals surface area contributed by atoms with Crippen LogP contribution in [0.2, 0.25) is 0 Å². The topological polar surface area (TPSA) is 42.0 Å². The molecule has 2 aromatic carbocycles. The molecule has 0 bridgehead atoms. The summed E-state index contributed by atoms with van der Waals surface area (Å²) in [7, 11) is 0. The van der Waals surface area contributed by atoms with Crippen LogP contribution in [-0.2, 0) is 0 Å². The molecule has 140 valence electrons. The van der Waals surface area contributed by atoms with E-state index in [1.54, 1.807) is 6.08 Å². The molecule has 0 saturated carbocycles. The maximum Gasteiger partial charge on any atom is 0.252 e. The van der Waals surface area contributed by atoms with Crippen molar-refractivity contribution in [1.82, 2.24) is 10.3 Å². The van der Waals surface area contributed by atoms with Crippen LogP contribution in [0, 0.1) is 0 Å². The van der Waals surface area contributed by atoms with Gasteiger partial charge in [-0.3, -0.25) is 4.79 Å². The number of amides is 1. The minimum absolute atomic E-state index is 0.122. The maximum absolute atomic E-state index is 13.1. The fourth-order valence-electron chi connectivity index (χ4n) is 3.15. The molecule has 0 aliphatic heterocycles. The number of benzene rings is 2. The Labute approximate surface area is 166 Å². The zero-order valence-electron chi connectivity index (χ0n) is 16.2. The molecule has 0 fully saturated rings. The number of fused-ring (bicyclic) bond motifs is 1. The quantitative estimate of drug-likeness (QED) is 0.566. The smallest absolute Gasteiger partial charge is 0.252 e. The zero-order valence-corrected chi connectivity index (χ0v) is 16.2. The predicted octanol–water partition coefficient (Wildman–Crippen LogP) is 5.71. The van der Waals surface area contributed by atoms with E-state index in [1.165, 1.54) is 0 Å². The van der Waals surface area contributed by atoms with Crippen LogP contribution in [0.25, 0.3) is 22.2 Å². The van der Waals surface area contributed by atoms with Crippen LogP contribution in [0.15, 0.2) is 97.1 Å². The van der Waals surface area contributed by atoms with Crippen molar-refractivity contribution in [3.63, 3.8) is 0 Å². The van der Waals surface area contributed by atoms with Gasteiger partial charge in [0.15, 0.2) is 0 Å². The molecular formula is C25H24N2O. The Kier molecular flexibility index (Phi) is 6.18. The lowest BCUT2D eigenvalue weighted by atomic mass is 10.0. The SMILES string of the molecule is C=C/C=C(\C=C/C)C(C)NC(=O)c1cc(-c2ccccc2)nc2ccccc12. The number of carbonyl (C=O) groups is 1. The molecule has 0 aliphatic rings. The molecule has 0 spiro atoms. The molecule has 0 aliphatic carbocycles. The lowest BCUT2D eigenvalue weighted by molar-refractivity contribution is 0.0947. The van der Waals surface area contributed by atoms with Crippen molar-refractivity contribution in [3.05, 3.63) is 103 Å².